The van der Waals surface area contributed by atoms with Crippen LogP contribution in [0.3, 0.4) is 0 Å². The van der Waals surface area contributed by atoms with Gasteiger partial charge in [0.1, 0.15) is 4.88 Å². The Morgan fingerprint density at radius 2 is 1.73 bits per heavy atom. The largest absolute Gasteiger partial charge is 0.322 e. The molecule has 0 aliphatic rings. The Morgan fingerprint density at radius 3 is 2.38 bits per heavy atom. The number of carbonyl (C=O) groups is 2. The molecule has 2 amide bonds. The second-order valence-corrected chi connectivity index (χ2v) is 7.77. The normalized spacial score (nSPS) is 10.4. The Hall–Kier alpha value is -2.15. The number of hydrogen-bond donors (Lipinski definition) is 2. The molecule has 3 aromatic rings. The number of amides is 2. The van der Waals surface area contributed by atoms with Crippen LogP contribution in [0.25, 0.3) is 0 Å². The fraction of sp³-hybridized carbons (Fsp3) is 0.0526. The average molecular weight is 450 g/mol. The van der Waals surface area contributed by atoms with Crippen LogP contribution in [0.1, 0.15) is 25.6 Å². The van der Waals surface area contributed by atoms with Gasteiger partial charge in [-0.2, -0.15) is 0 Å². The van der Waals surface area contributed by atoms with E-state index in [1.54, 1.807) is 36.4 Å². The van der Waals surface area contributed by atoms with Gasteiger partial charge in [0.15, 0.2) is 0 Å². The summed E-state index contributed by atoms with van der Waals surface area (Å²) in [5, 5.41) is 8.05. The quantitative estimate of drug-likeness (QED) is 0.515. The molecule has 0 radical (unpaired) electrons. The van der Waals surface area contributed by atoms with Gasteiger partial charge in [0.25, 0.3) is 11.8 Å². The zero-order valence-electron chi connectivity index (χ0n) is 13.7. The highest BCUT2D eigenvalue weighted by atomic mass is 79.9. The number of thiophene rings is 1. The first-order chi connectivity index (χ1) is 12.4. The van der Waals surface area contributed by atoms with Crippen molar-refractivity contribution in [1.29, 1.82) is 0 Å². The van der Waals surface area contributed by atoms with E-state index in [-0.39, 0.29) is 11.8 Å². The zero-order valence-corrected chi connectivity index (χ0v) is 16.8. The summed E-state index contributed by atoms with van der Waals surface area (Å²) in [4.78, 5) is 25.7. The number of aryl methyl sites for hydroxylation is 1. The number of anilines is 2. The van der Waals surface area contributed by atoms with E-state index in [1.165, 1.54) is 11.3 Å². The second kappa shape index (κ2) is 8.03. The lowest BCUT2D eigenvalue weighted by atomic mass is 10.1. The van der Waals surface area contributed by atoms with Crippen molar-refractivity contribution in [3.63, 3.8) is 0 Å². The van der Waals surface area contributed by atoms with Crippen LogP contribution in [0.5, 0.6) is 0 Å². The first-order valence-electron chi connectivity index (χ1n) is 7.66. The predicted molar refractivity (Wildman–Crippen MR) is 111 cm³/mol. The summed E-state index contributed by atoms with van der Waals surface area (Å²) in [6, 6.07) is 14.0. The van der Waals surface area contributed by atoms with Crippen LogP contribution in [0.2, 0.25) is 5.02 Å². The molecule has 0 unspecified atom stereocenters. The molecule has 3 rings (SSSR count). The summed E-state index contributed by atoms with van der Waals surface area (Å²) in [7, 11) is 0. The predicted octanol–water partition coefficient (Wildman–Crippen LogP) is 5.98. The van der Waals surface area contributed by atoms with E-state index < -0.39 is 0 Å². The number of halogens is 2. The molecule has 0 saturated heterocycles. The fourth-order valence-corrected chi connectivity index (χ4v) is 3.89. The molecule has 4 nitrogen and oxygen atoms in total. The summed E-state index contributed by atoms with van der Waals surface area (Å²) < 4.78 is 0.722. The van der Waals surface area contributed by atoms with Crippen molar-refractivity contribution in [3.8, 4) is 0 Å². The van der Waals surface area contributed by atoms with Crippen LogP contribution in [0, 0.1) is 6.92 Å². The van der Waals surface area contributed by atoms with E-state index >= 15 is 0 Å². The molecule has 2 aromatic carbocycles. The SMILES string of the molecule is Cc1ccc(NC(=O)c2sccc2Br)c(C(=O)Nc2ccc(Cl)cc2)c1. The van der Waals surface area contributed by atoms with Crippen molar-refractivity contribution in [2.24, 2.45) is 0 Å². The van der Waals surface area contributed by atoms with E-state index in [0.717, 1.165) is 10.0 Å². The summed E-state index contributed by atoms with van der Waals surface area (Å²) in [5.41, 5.74) is 2.38. The van der Waals surface area contributed by atoms with E-state index in [2.05, 4.69) is 26.6 Å². The highest BCUT2D eigenvalue weighted by Gasteiger charge is 2.17. The van der Waals surface area contributed by atoms with E-state index in [0.29, 0.717) is 26.8 Å². The molecule has 2 N–H and O–H groups in total. The third kappa shape index (κ3) is 4.33. The molecule has 0 spiro atoms. The van der Waals surface area contributed by atoms with Crippen molar-refractivity contribution < 1.29 is 9.59 Å². The van der Waals surface area contributed by atoms with E-state index in [4.69, 9.17) is 11.6 Å². The second-order valence-electron chi connectivity index (χ2n) is 5.56. The lowest BCUT2D eigenvalue weighted by molar-refractivity contribution is 0.102. The fourth-order valence-electron chi connectivity index (χ4n) is 2.32. The van der Waals surface area contributed by atoms with Gasteiger partial charge in [0, 0.05) is 15.2 Å². The van der Waals surface area contributed by atoms with Gasteiger partial charge in [-0.05, 0) is 70.7 Å². The summed E-state index contributed by atoms with van der Waals surface area (Å²) in [6.45, 7) is 1.89. The molecule has 1 aromatic heterocycles. The van der Waals surface area contributed by atoms with Gasteiger partial charge >= 0.3 is 0 Å². The summed E-state index contributed by atoms with van der Waals surface area (Å²) in [5.74, 6) is -0.576. The van der Waals surface area contributed by atoms with Gasteiger partial charge in [-0.3, -0.25) is 9.59 Å². The van der Waals surface area contributed by atoms with Gasteiger partial charge in [-0.15, -0.1) is 11.3 Å². The van der Waals surface area contributed by atoms with Gasteiger partial charge in [-0.25, -0.2) is 0 Å². The number of rotatable bonds is 4. The smallest absolute Gasteiger partial charge is 0.266 e. The van der Waals surface area contributed by atoms with Crippen molar-refractivity contribution in [2.45, 2.75) is 6.92 Å². The molecular weight excluding hydrogens is 436 g/mol. The van der Waals surface area contributed by atoms with Gasteiger partial charge < -0.3 is 10.6 Å². The van der Waals surface area contributed by atoms with Crippen LogP contribution >= 0.6 is 38.9 Å². The Kier molecular flexibility index (Phi) is 5.76. The zero-order chi connectivity index (χ0) is 18.7. The topological polar surface area (TPSA) is 58.2 Å². The minimum Gasteiger partial charge on any atom is -0.322 e. The summed E-state index contributed by atoms with van der Waals surface area (Å²) >= 11 is 10.5. The maximum Gasteiger partial charge on any atom is 0.266 e. The lowest BCUT2D eigenvalue weighted by Crippen LogP contribution is -2.18. The van der Waals surface area contributed by atoms with Crippen molar-refractivity contribution in [1.82, 2.24) is 0 Å². The van der Waals surface area contributed by atoms with E-state index in [1.807, 2.05) is 24.4 Å². The molecular formula is C19H14BrClN2O2S. The summed E-state index contributed by atoms with van der Waals surface area (Å²) in [6.07, 6.45) is 0. The third-order valence-electron chi connectivity index (χ3n) is 3.59. The minimum absolute atomic E-state index is 0.267. The molecule has 132 valence electrons. The standard InChI is InChI=1S/C19H14BrClN2O2S/c1-11-2-7-16(23-19(25)17-15(20)8-9-26-17)14(10-11)18(24)22-13-5-3-12(21)4-6-13/h2-10H,1H3,(H,22,24)(H,23,25). The van der Waals surface area contributed by atoms with Crippen molar-refractivity contribution >= 4 is 62.1 Å². The number of nitrogens with one attached hydrogen (secondary N) is 2. The molecule has 7 heteroatoms. The Morgan fingerprint density at radius 1 is 1.00 bits per heavy atom. The number of carbonyl (C=O) groups excluding carboxylic acids is 2. The third-order valence-corrected chi connectivity index (χ3v) is 5.68. The van der Waals surface area contributed by atoms with Crippen LogP contribution in [0.4, 0.5) is 11.4 Å². The molecule has 0 aliphatic heterocycles. The first-order valence-corrected chi connectivity index (χ1v) is 9.71. The van der Waals surface area contributed by atoms with E-state index in [9.17, 15) is 9.59 Å². The van der Waals surface area contributed by atoms with Gasteiger partial charge in [0.05, 0.1) is 11.3 Å². The Balaban J connectivity index is 1.85. The highest BCUT2D eigenvalue weighted by molar-refractivity contribution is 9.10. The van der Waals surface area contributed by atoms with Crippen molar-refractivity contribution in [2.75, 3.05) is 10.6 Å². The first kappa shape index (κ1) is 18.6. The number of benzene rings is 2. The van der Waals surface area contributed by atoms with Gasteiger partial charge in [0.2, 0.25) is 0 Å². The molecule has 0 saturated carbocycles. The maximum atomic E-state index is 12.7. The molecule has 0 atom stereocenters. The average Bonchev–Trinajstić information content (AvgIpc) is 3.04. The minimum atomic E-state index is -0.309. The Labute approximate surface area is 168 Å². The van der Waals surface area contributed by atoms with Crippen LogP contribution in [-0.4, -0.2) is 11.8 Å². The number of hydrogen-bond acceptors (Lipinski definition) is 3. The molecule has 0 aliphatic carbocycles. The Bertz CT molecular complexity index is 970. The van der Waals surface area contributed by atoms with Crippen LogP contribution < -0.4 is 10.6 Å². The molecule has 1 heterocycles. The molecule has 26 heavy (non-hydrogen) atoms. The molecule has 0 bridgehead atoms. The van der Waals surface area contributed by atoms with Crippen LogP contribution in [0.15, 0.2) is 58.4 Å². The lowest BCUT2D eigenvalue weighted by Gasteiger charge is -2.12. The highest BCUT2D eigenvalue weighted by Crippen LogP contribution is 2.26. The molecule has 0 fully saturated rings. The monoisotopic (exact) mass is 448 g/mol. The maximum absolute atomic E-state index is 12.7. The van der Waals surface area contributed by atoms with Crippen molar-refractivity contribution in [3.05, 3.63) is 79.4 Å². The van der Waals surface area contributed by atoms with Gasteiger partial charge in [-0.1, -0.05) is 23.2 Å². The van der Waals surface area contributed by atoms with Crippen LogP contribution in [-0.2, 0) is 0 Å².